The Morgan fingerprint density at radius 2 is 2.00 bits per heavy atom. The molecule has 61 valence electrons. The fraction of sp³-hybridized carbons (Fsp3) is 1.00. The maximum absolute atomic E-state index is 10.6. The van der Waals surface area contributed by atoms with Gasteiger partial charge in [0.25, 0.3) is 0 Å². The van der Waals surface area contributed by atoms with Gasteiger partial charge in [-0.05, 0) is 18.6 Å². The molecule has 0 aromatic heterocycles. The molecule has 10 heavy (non-hydrogen) atoms. The molecule has 0 saturated heterocycles. The van der Waals surface area contributed by atoms with Crippen LogP contribution in [-0.2, 0) is 5.11 Å². The molecule has 0 aromatic carbocycles. The second kappa shape index (κ2) is 6.05. The highest BCUT2D eigenvalue weighted by atomic mass is 32.2. The number of hydrogen-bond donors (Lipinski definition) is 0. The summed E-state index contributed by atoms with van der Waals surface area (Å²) in [5.41, 5.74) is -0.445. The van der Waals surface area contributed by atoms with Crippen molar-refractivity contribution in [2.24, 2.45) is 5.92 Å². The lowest BCUT2D eigenvalue weighted by Gasteiger charge is -2.09. The van der Waals surface area contributed by atoms with Crippen LogP contribution >= 0.6 is 11.8 Å². The number of thioether (sulfide) groups is 1. The van der Waals surface area contributed by atoms with E-state index in [1.54, 1.807) is 6.92 Å². The maximum atomic E-state index is 10.6. The van der Waals surface area contributed by atoms with Crippen molar-refractivity contribution < 1.29 is 5.11 Å². The standard InChI is InChI=1S/C8H17OS/c1-4-5-7(2)6-10-8(3)9/h7-8H,4-6H2,1-3H3. The van der Waals surface area contributed by atoms with Gasteiger partial charge in [0.2, 0.25) is 0 Å². The first-order valence-electron chi connectivity index (χ1n) is 3.94. The summed E-state index contributed by atoms with van der Waals surface area (Å²) in [5.74, 6) is 1.74. The molecule has 0 aromatic rings. The lowest BCUT2D eigenvalue weighted by Crippen LogP contribution is -2.01. The van der Waals surface area contributed by atoms with Crippen molar-refractivity contribution in [1.82, 2.24) is 0 Å². The zero-order valence-electron chi connectivity index (χ0n) is 7.09. The summed E-state index contributed by atoms with van der Waals surface area (Å²) in [4.78, 5) is 0. The van der Waals surface area contributed by atoms with Crippen LogP contribution in [0.4, 0.5) is 0 Å². The first-order valence-corrected chi connectivity index (χ1v) is 4.99. The van der Waals surface area contributed by atoms with Crippen LogP contribution in [0.1, 0.15) is 33.6 Å². The van der Waals surface area contributed by atoms with Gasteiger partial charge in [0, 0.05) is 0 Å². The molecular formula is C8H17OS. The van der Waals surface area contributed by atoms with Crippen molar-refractivity contribution >= 4 is 11.8 Å². The third-order valence-electron chi connectivity index (χ3n) is 1.40. The molecule has 0 saturated carbocycles. The van der Waals surface area contributed by atoms with Gasteiger partial charge in [-0.25, -0.2) is 5.11 Å². The van der Waals surface area contributed by atoms with Gasteiger partial charge in [0.15, 0.2) is 0 Å². The summed E-state index contributed by atoms with van der Waals surface area (Å²) in [6, 6.07) is 0. The molecule has 0 N–H and O–H groups in total. The summed E-state index contributed by atoms with van der Waals surface area (Å²) in [5, 5.41) is 10.6. The quantitative estimate of drug-likeness (QED) is 0.568. The summed E-state index contributed by atoms with van der Waals surface area (Å²) in [6.07, 6.45) is 2.48. The Hall–Kier alpha value is 0.310. The van der Waals surface area contributed by atoms with E-state index in [1.165, 1.54) is 24.6 Å². The molecule has 2 atom stereocenters. The van der Waals surface area contributed by atoms with Crippen LogP contribution in [0.25, 0.3) is 0 Å². The molecule has 2 heteroatoms. The Morgan fingerprint density at radius 1 is 1.40 bits per heavy atom. The Bertz CT molecular complexity index is 73.7. The monoisotopic (exact) mass is 161 g/mol. The molecule has 0 spiro atoms. The van der Waals surface area contributed by atoms with Crippen LogP contribution in [0.15, 0.2) is 0 Å². The van der Waals surface area contributed by atoms with Crippen LogP contribution in [-0.4, -0.2) is 11.2 Å². The smallest absolute Gasteiger partial charge is 0.136 e. The summed E-state index contributed by atoms with van der Waals surface area (Å²) in [6.45, 7) is 6.10. The van der Waals surface area contributed by atoms with E-state index >= 15 is 0 Å². The van der Waals surface area contributed by atoms with Gasteiger partial charge in [0.1, 0.15) is 5.44 Å². The van der Waals surface area contributed by atoms with Gasteiger partial charge in [0.05, 0.1) is 0 Å². The molecular weight excluding hydrogens is 144 g/mol. The van der Waals surface area contributed by atoms with E-state index in [-0.39, 0.29) is 0 Å². The van der Waals surface area contributed by atoms with E-state index in [4.69, 9.17) is 0 Å². The summed E-state index contributed by atoms with van der Waals surface area (Å²) in [7, 11) is 0. The lowest BCUT2D eigenvalue weighted by atomic mass is 10.1. The normalized spacial score (nSPS) is 16.8. The molecule has 1 radical (unpaired) electrons. The van der Waals surface area contributed by atoms with E-state index in [0.717, 1.165) is 5.75 Å². The lowest BCUT2D eigenvalue weighted by molar-refractivity contribution is 0.180. The van der Waals surface area contributed by atoms with E-state index in [2.05, 4.69) is 13.8 Å². The van der Waals surface area contributed by atoms with Gasteiger partial charge in [-0.3, -0.25) is 0 Å². The zero-order chi connectivity index (χ0) is 7.98. The van der Waals surface area contributed by atoms with E-state index in [0.29, 0.717) is 5.92 Å². The van der Waals surface area contributed by atoms with E-state index in [9.17, 15) is 5.11 Å². The number of hydrogen-bond acceptors (Lipinski definition) is 1. The van der Waals surface area contributed by atoms with Crippen molar-refractivity contribution in [3.8, 4) is 0 Å². The SMILES string of the molecule is CCCC(C)CSC(C)[O]. The first kappa shape index (κ1) is 10.3. The van der Waals surface area contributed by atoms with E-state index < -0.39 is 5.44 Å². The summed E-state index contributed by atoms with van der Waals surface area (Å²) >= 11 is 1.52. The van der Waals surface area contributed by atoms with Crippen molar-refractivity contribution in [1.29, 1.82) is 0 Å². The highest BCUT2D eigenvalue weighted by Crippen LogP contribution is 2.16. The maximum Gasteiger partial charge on any atom is 0.136 e. The minimum absolute atomic E-state index is 0.445. The fourth-order valence-corrected chi connectivity index (χ4v) is 1.64. The second-order valence-corrected chi connectivity index (χ2v) is 4.13. The Labute approximate surface area is 68.2 Å². The molecule has 0 aliphatic rings. The molecule has 0 bridgehead atoms. The third-order valence-corrected chi connectivity index (χ3v) is 2.63. The van der Waals surface area contributed by atoms with Crippen molar-refractivity contribution in [2.75, 3.05) is 5.75 Å². The first-order chi connectivity index (χ1) is 4.66. The predicted octanol–water partition coefficient (Wildman–Crippen LogP) is 2.93. The van der Waals surface area contributed by atoms with Crippen LogP contribution in [0.2, 0.25) is 0 Å². The van der Waals surface area contributed by atoms with Gasteiger partial charge < -0.3 is 0 Å². The molecule has 0 heterocycles. The third kappa shape index (κ3) is 6.43. The van der Waals surface area contributed by atoms with E-state index in [1.807, 2.05) is 0 Å². The molecule has 2 unspecified atom stereocenters. The molecule has 0 fully saturated rings. The average Bonchev–Trinajstić information content (AvgIpc) is 1.85. The minimum Gasteiger partial charge on any atom is -0.222 e. The van der Waals surface area contributed by atoms with Crippen molar-refractivity contribution in [2.45, 2.75) is 39.0 Å². The number of rotatable bonds is 5. The molecule has 0 aliphatic heterocycles. The second-order valence-electron chi connectivity index (χ2n) is 2.79. The minimum atomic E-state index is -0.445. The Balaban J connectivity index is 3.12. The van der Waals surface area contributed by atoms with Gasteiger partial charge in [-0.15, -0.1) is 11.8 Å². The molecule has 0 aliphatic carbocycles. The van der Waals surface area contributed by atoms with Crippen LogP contribution < -0.4 is 0 Å². The molecule has 0 amide bonds. The van der Waals surface area contributed by atoms with Crippen molar-refractivity contribution in [3.63, 3.8) is 0 Å². The van der Waals surface area contributed by atoms with Crippen LogP contribution in [0.3, 0.4) is 0 Å². The summed E-state index contributed by atoms with van der Waals surface area (Å²) < 4.78 is 0. The average molecular weight is 161 g/mol. The predicted molar refractivity (Wildman–Crippen MR) is 46.7 cm³/mol. The van der Waals surface area contributed by atoms with Crippen molar-refractivity contribution in [3.05, 3.63) is 0 Å². The largest absolute Gasteiger partial charge is 0.222 e. The van der Waals surface area contributed by atoms with Crippen LogP contribution in [0.5, 0.6) is 0 Å². The fourth-order valence-electron chi connectivity index (χ4n) is 0.876. The molecule has 0 rings (SSSR count). The van der Waals surface area contributed by atoms with Gasteiger partial charge in [-0.2, -0.15) is 0 Å². The highest BCUT2D eigenvalue weighted by Gasteiger charge is 2.03. The Kier molecular flexibility index (Phi) is 6.24. The molecule has 1 nitrogen and oxygen atoms in total. The van der Waals surface area contributed by atoms with Crippen LogP contribution in [0, 0.1) is 5.92 Å². The highest BCUT2D eigenvalue weighted by molar-refractivity contribution is 7.99. The van der Waals surface area contributed by atoms with Gasteiger partial charge >= 0.3 is 0 Å². The van der Waals surface area contributed by atoms with Gasteiger partial charge in [-0.1, -0.05) is 26.7 Å². The Morgan fingerprint density at radius 3 is 2.40 bits per heavy atom. The topological polar surface area (TPSA) is 19.9 Å². The zero-order valence-corrected chi connectivity index (χ0v) is 7.91.